The van der Waals surface area contributed by atoms with Crippen molar-refractivity contribution in [3.63, 3.8) is 0 Å². The molecule has 5 rings (SSSR count). The van der Waals surface area contributed by atoms with E-state index < -0.39 is 0 Å². The van der Waals surface area contributed by atoms with E-state index in [-0.39, 0.29) is 23.3 Å². The zero-order valence-corrected chi connectivity index (χ0v) is 23.6. The Bertz CT molecular complexity index is 1550. The van der Waals surface area contributed by atoms with Gasteiger partial charge in [-0.1, -0.05) is 66.7 Å². The summed E-state index contributed by atoms with van der Waals surface area (Å²) in [5.41, 5.74) is 8.08. The zero-order valence-electron chi connectivity index (χ0n) is 23.6. The van der Waals surface area contributed by atoms with Gasteiger partial charge in [0.25, 0.3) is 5.91 Å². The van der Waals surface area contributed by atoms with Crippen LogP contribution in [-0.2, 0) is 5.41 Å². The first-order valence-electron chi connectivity index (χ1n) is 14.1. The van der Waals surface area contributed by atoms with Crippen molar-refractivity contribution in [1.82, 2.24) is 9.88 Å². The van der Waals surface area contributed by atoms with Gasteiger partial charge >= 0.3 is 0 Å². The zero-order chi connectivity index (χ0) is 29.4. The van der Waals surface area contributed by atoms with Crippen LogP contribution in [0.4, 0.5) is 5.69 Å². The van der Waals surface area contributed by atoms with Crippen LogP contribution in [0.1, 0.15) is 41.6 Å². The largest absolute Gasteiger partial charge is 0.437 e. The SMILES string of the molecule is CN(C(N)=NC#N)C1CCC(CN(C(=O)c2ccccc2)c2cccnc2Oc2ccccc2)(c2ccccc2)CC1. The van der Waals surface area contributed by atoms with Crippen molar-refractivity contribution >= 4 is 17.6 Å². The van der Waals surface area contributed by atoms with Gasteiger partial charge in [0.05, 0.1) is 0 Å². The molecule has 0 atom stereocenters. The monoisotopic (exact) mass is 558 g/mol. The Morgan fingerprint density at radius 1 is 0.976 bits per heavy atom. The second kappa shape index (κ2) is 13.0. The molecule has 42 heavy (non-hydrogen) atoms. The van der Waals surface area contributed by atoms with Gasteiger partial charge in [-0.15, -0.1) is 4.99 Å². The molecule has 3 aromatic carbocycles. The van der Waals surface area contributed by atoms with Gasteiger partial charge < -0.3 is 20.3 Å². The van der Waals surface area contributed by atoms with Gasteiger partial charge in [-0.25, -0.2) is 4.98 Å². The number of benzene rings is 3. The molecule has 1 heterocycles. The lowest BCUT2D eigenvalue weighted by Crippen LogP contribution is -2.50. The van der Waals surface area contributed by atoms with Crippen LogP contribution < -0.4 is 15.4 Å². The number of aromatic nitrogens is 1. The predicted molar refractivity (Wildman–Crippen MR) is 164 cm³/mol. The minimum Gasteiger partial charge on any atom is -0.437 e. The Labute approximate surface area is 246 Å². The number of hydrogen-bond acceptors (Lipinski definition) is 5. The number of nitriles is 1. The smallest absolute Gasteiger partial charge is 0.258 e. The Hall–Kier alpha value is -5.16. The van der Waals surface area contributed by atoms with E-state index in [0.29, 0.717) is 29.4 Å². The third-order valence-electron chi connectivity index (χ3n) is 8.10. The molecule has 0 spiro atoms. The molecule has 1 amide bonds. The molecule has 0 aliphatic heterocycles. The fraction of sp³-hybridized carbons (Fsp3) is 0.235. The molecule has 212 valence electrons. The second-order valence-electron chi connectivity index (χ2n) is 10.6. The van der Waals surface area contributed by atoms with Crippen LogP contribution in [0, 0.1) is 11.5 Å². The van der Waals surface area contributed by atoms with Crippen molar-refractivity contribution in [2.75, 3.05) is 18.5 Å². The van der Waals surface area contributed by atoms with Gasteiger partial charge in [-0.3, -0.25) is 4.79 Å². The van der Waals surface area contributed by atoms with E-state index in [0.717, 1.165) is 25.7 Å². The molecule has 4 aromatic rings. The van der Waals surface area contributed by atoms with Crippen molar-refractivity contribution in [2.24, 2.45) is 10.7 Å². The first-order valence-corrected chi connectivity index (χ1v) is 14.1. The molecule has 1 aromatic heterocycles. The van der Waals surface area contributed by atoms with Gasteiger partial charge in [0.1, 0.15) is 11.4 Å². The quantitative estimate of drug-likeness (QED) is 0.158. The van der Waals surface area contributed by atoms with Crippen molar-refractivity contribution in [1.29, 1.82) is 5.26 Å². The molecule has 0 bridgehead atoms. The van der Waals surface area contributed by atoms with Crippen molar-refractivity contribution < 1.29 is 9.53 Å². The van der Waals surface area contributed by atoms with Crippen molar-refractivity contribution in [3.05, 3.63) is 120 Å². The van der Waals surface area contributed by atoms with E-state index in [2.05, 4.69) is 22.1 Å². The third-order valence-corrected chi connectivity index (χ3v) is 8.10. The number of pyridine rings is 1. The molecule has 8 heteroatoms. The highest BCUT2D eigenvalue weighted by molar-refractivity contribution is 6.06. The van der Waals surface area contributed by atoms with E-state index in [1.807, 2.05) is 108 Å². The third kappa shape index (κ3) is 6.26. The average Bonchev–Trinajstić information content (AvgIpc) is 3.05. The maximum atomic E-state index is 14.3. The topological polar surface area (TPSA) is 108 Å². The first kappa shape index (κ1) is 28.4. The highest BCUT2D eigenvalue weighted by Gasteiger charge is 2.41. The number of amides is 1. The summed E-state index contributed by atoms with van der Waals surface area (Å²) in [4.78, 5) is 26.3. The minimum atomic E-state index is -0.343. The minimum absolute atomic E-state index is 0.124. The highest BCUT2D eigenvalue weighted by Crippen LogP contribution is 2.43. The Balaban J connectivity index is 1.55. The van der Waals surface area contributed by atoms with E-state index >= 15 is 0 Å². The number of anilines is 1. The number of rotatable bonds is 8. The van der Waals surface area contributed by atoms with Crippen LogP contribution in [0.2, 0.25) is 0 Å². The fourth-order valence-corrected chi connectivity index (χ4v) is 5.76. The number of ether oxygens (including phenoxy) is 1. The molecular formula is C34H34N6O2. The van der Waals surface area contributed by atoms with Crippen LogP contribution >= 0.6 is 0 Å². The predicted octanol–water partition coefficient (Wildman–Crippen LogP) is 6.13. The summed E-state index contributed by atoms with van der Waals surface area (Å²) < 4.78 is 6.24. The van der Waals surface area contributed by atoms with Crippen LogP contribution in [0.3, 0.4) is 0 Å². The van der Waals surface area contributed by atoms with E-state index in [4.69, 9.17) is 15.7 Å². The maximum Gasteiger partial charge on any atom is 0.258 e. The molecule has 2 N–H and O–H groups in total. The van der Waals surface area contributed by atoms with Gasteiger partial charge in [-0.2, -0.15) is 5.26 Å². The maximum absolute atomic E-state index is 14.3. The number of carbonyl (C=O) groups is 1. The van der Waals surface area contributed by atoms with E-state index in [1.54, 1.807) is 12.4 Å². The summed E-state index contributed by atoms with van der Waals surface area (Å²) in [6.45, 7) is 0.430. The lowest BCUT2D eigenvalue weighted by atomic mass is 9.67. The lowest BCUT2D eigenvalue weighted by Gasteiger charge is -2.45. The van der Waals surface area contributed by atoms with Crippen LogP contribution in [0.15, 0.2) is 114 Å². The molecule has 0 unspecified atom stereocenters. The Kier molecular flexibility index (Phi) is 8.78. The number of aliphatic imine (C=N–C) groups is 1. The summed E-state index contributed by atoms with van der Waals surface area (Å²) in [7, 11) is 1.88. The second-order valence-corrected chi connectivity index (χ2v) is 10.6. The van der Waals surface area contributed by atoms with Crippen LogP contribution in [0.25, 0.3) is 0 Å². The lowest BCUT2D eigenvalue weighted by molar-refractivity contribution is 0.0971. The molecule has 1 aliphatic carbocycles. The average molecular weight is 559 g/mol. The molecule has 1 saturated carbocycles. The number of carbonyl (C=O) groups excluding carboxylic acids is 1. The fourth-order valence-electron chi connectivity index (χ4n) is 5.76. The summed E-state index contributed by atoms with van der Waals surface area (Å²) >= 11 is 0. The van der Waals surface area contributed by atoms with Gasteiger partial charge in [0.2, 0.25) is 18.0 Å². The Morgan fingerprint density at radius 2 is 1.60 bits per heavy atom. The number of guanidine groups is 1. The van der Waals surface area contributed by atoms with Crippen molar-refractivity contribution in [3.8, 4) is 17.8 Å². The summed E-state index contributed by atoms with van der Waals surface area (Å²) in [5, 5.41) is 8.99. The van der Waals surface area contributed by atoms with Crippen LogP contribution in [0.5, 0.6) is 11.6 Å². The standard InChI is InChI=1S/C34H34N6O2/c1-39(33(36)38-25-35)28-19-21-34(22-20-28,27-14-7-3-8-15-27)24-40(32(41)26-12-5-2-6-13-26)30-18-11-23-37-31(30)42-29-16-9-4-10-17-29/h2-18,23,28H,19-22,24H2,1H3,(H2,36,38). The number of nitrogens with two attached hydrogens (primary N) is 1. The normalized spacial score (nSPS) is 18.5. The van der Waals surface area contributed by atoms with Gasteiger partial charge in [-0.05, 0) is 67.6 Å². The molecular weight excluding hydrogens is 524 g/mol. The van der Waals surface area contributed by atoms with Crippen LogP contribution in [-0.4, -0.2) is 41.4 Å². The first-order chi connectivity index (χ1) is 20.5. The molecule has 0 radical (unpaired) electrons. The number of nitrogens with zero attached hydrogens (tertiary/aromatic N) is 5. The summed E-state index contributed by atoms with van der Waals surface area (Å²) in [5.74, 6) is 1.10. The highest BCUT2D eigenvalue weighted by atomic mass is 16.5. The number of hydrogen-bond donors (Lipinski definition) is 1. The molecule has 1 aliphatic rings. The summed E-state index contributed by atoms with van der Waals surface area (Å²) in [6.07, 6.45) is 6.71. The molecule has 8 nitrogen and oxygen atoms in total. The Morgan fingerprint density at radius 3 is 2.24 bits per heavy atom. The molecule has 1 fully saturated rings. The summed E-state index contributed by atoms with van der Waals surface area (Å²) in [6, 6.07) is 33.0. The van der Waals surface area contributed by atoms with E-state index in [9.17, 15) is 4.79 Å². The number of para-hydroxylation sites is 1. The van der Waals surface area contributed by atoms with E-state index in [1.165, 1.54) is 5.56 Å². The van der Waals surface area contributed by atoms with Gasteiger partial charge in [0, 0.05) is 36.8 Å². The van der Waals surface area contributed by atoms with Crippen molar-refractivity contribution in [2.45, 2.75) is 37.1 Å². The molecule has 0 saturated heterocycles. The van der Waals surface area contributed by atoms with Gasteiger partial charge in [0.15, 0.2) is 0 Å².